The van der Waals surface area contributed by atoms with E-state index < -0.39 is 17.6 Å². The largest absolute Gasteiger partial charge is 0.350 e. The number of likely N-dealkylation sites (tertiary alicyclic amines) is 1. The number of piperidine rings is 1. The maximum Gasteiger partial charge on any atom is 0.283 e. The Labute approximate surface area is 188 Å². The first-order valence-electron chi connectivity index (χ1n) is 9.77. The first-order chi connectivity index (χ1) is 14.9. The van der Waals surface area contributed by atoms with Crippen LogP contribution in [0.2, 0.25) is 5.02 Å². The maximum absolute atomic E-state index is 13.5. The van der Waals surface area contributed by atoms with E-state index in [0.29, 0.717) is 11.3 Å². The number of nitrogens with zero attached hydrogens (tertiary/aromatic N) is 2. The SMILES string of the molecule is O=C(c1cccc(NC2=C(Cl)C(=O)N(c3ccc(F)c(Cl)c3)C2=O)c1)N1CCCCC1. The Morgan fingerprint density at radius 3 is 2.42 bits per heavy atom. The molecule has 4 rings (SSSR count). The van der Waals surface area contributed by atoms with Crippen molar-refractivity contribution < 1.29 is 18.8 Å². The molecule has 0 radical (unpaired) electrons. The van der Waals surface area contributed by atoms with Crippen LogP contribution in [0.3, 0.4) is 0 Å². The summed E-state index contributed by atoms with van der Waals surface area (Å²) >= 11 is 11.9. The Bertz CT molecular complexity index is 1110. The van der Waals surface area contributed by atoms with Gasteiger partial charge in [-0.2, -0.15) is 0 Å². The van der Waals surface area contributed by atoms with Crippen molar-refractivity contribution in [3.05, 3.63) is 69.6 Å². The van der Waals surface area contributed by atoms with Crippen LogP contribution in [-0.4, -0.2) is 35.7 Å². The van der Waals surface area contributed by atoms with E-state index in [1.54, 1.807) is 29.2 Å². The lowest BCUT2D eigenvalue weighted by Gasteiger charge is -2.26. The van der Waals surface area contributed by atoms with Gasteiger partial charge >= 0.3 is 0 Å². The Morgan fingerprint density at radius 1 is 0.968 bits per heavy atom. The van der Waals surface area contributed by atoms with E-state index in [4.69, 9.17) is 23.2 Å². The smallest absolute Gasteiger partial charge is 0.283 e. The lowest BCUT2D eigenvalue weighted by atomic mass is 10.1. The number of carbonyl (C=O) groups is 3. The minimum Gasteiger partial charge on any atom is -0.350 e. The van der Waals surface area contributed by atoms with Gasteiger partial charge in [0.05, 0.1) is 10.7 Å². The van der Waals surface area contributed by atoms with Gasteiger partial charge in [0.15, 0.2) is 0 Å². The van der Waals surface area contributed by atoms with Crippen molar-refractivity contribution in [2.24, 2.45) is 0 Å². The topological polar surface area (TPSA) is 69.7 Å². The van der Waals surface area contributed by atoms with Crippen LogP contribution in [0.5, 0.6) is 0 Å². The summed E-state index contributed by atoms with van der Waals surface area (Å²) in [6, 6.07) is 10.2. The molecule has 9 heteroatoms. The molecule has 160 valence electrons. The molecule has 0 atom stereocenters. The molecule has 0 bridgehead atoms. The highest BCUT2D eigenvalue weighted by molar-refractivity contribution is 6.53. The van der Waals surface area contributed by atoms with Gasteiger partial charge in [0.1, 0.15) is 16.5 Å². The van der Waals surface area contributed by atoms with Crippen molar-refractivity contribution >= 4 is 52.3 Å². The van der Waals surface area contributed by atoms with Crippen molar-refractivity contribution in [1.29, 1.82) is 0 Å². The molecule has 31 heavy (non-hydrogen) atoms. The lowest BCUT2D eigenvalue weighted by molar-refractivity contribution is -0.120. The quantitative estimate of drug-likeness (QED) is 0.678. The molecule has 2 heterocycles. The van der Waals surface area contributed by atoms with Gasteiger partial charge in [-0.15, -0.1) is 0 Å². The molecule has 6 nitrogen and oxygen atoms in total. The minimum atomic E-state index is -0.752. The third-order valence-corrected chi connectivity index (χ3v) is 5.85. The van der Waals surface area contributed by atoms with Gasteiger partial charge < -0.3 is 10.2 Å². The lowest BCUT2D eigenvalue weighted by Crippen LogP contribution is -2.35. The van der Waals surface area contributed by atoms with Crippen LogP contribution in [0.4, 0.5) is 15.8 Å². The molecule has 2 aliphatic rings. The van der Waals surface area contributed by atoms with Gasteiger partial charge in [0.25, 0.3) is 17.7 Å². The predicted molar refractivity (Wildman–Crippen MR) is 117 cm³/mol. The highest BCUT2D eigenvalue weighted by Gasteiger charge is 2.39. The molecule has 1 saturated heterocycles. The maximum atomic E-state index is 13.5. The van der Waals surface area contributed by atoms with Gasteiger partial charge in [0, 0.05) is 24.3 Å². The van der Waals surface area contributed by atoms with Gasteiger partial charge in [-0.05, 0) is 55.7 Å². The fourth-order valence-corrected chi connectivity index (χ4v) is 4.01. The fraction of sp³-hybridized carbons (Fsp3) is 0.227. The van der Waals surface area contributed by atoms with E-state index in [1.807, 2.05) is 0 Å². The monoisotopic (exact) mass is 461 g/mol. The second kappa shape index (κ2) is 8.69. The van der Waals surface area contributed by atoms with E-state index in [2.05, 4.69) is 5.32 Å². The number of hydrogen-bond acceptors (Lipinski definition) is 4. The number of nitrogens with one attached hydrogen (secondary N) is 1. The van der Waals surface area contributed by atoms with Crippen LogP contribution >= 0.6 is 23.2 Å². The number of carbonyl (C=O) groups excluding carboxylic acids is 3. The Morgan fingerprint density at radius 2 is 1.71 bits per heavy atom. The van der Waals surface area contributed by atoms with E-state index in [1.165, 1.54) is 12.1 Å². The molecule has 0 aliphatic carbocycles. The van der Waals surface area contributed by atoms with E-state index in [0.717, 1.165) is 43.3 Å². The van der Waals surface area contributed by atoms with Crippen molar-refractivity contribution in [2.45, 2.75) is 19.3 Å². The van der Waals surface area contributed by atoms with E-state index in [9.17, 15) is 18.8 Å². The normalized spacial score (nSPS) is 16.9. The number of anilines is 2. The van der Waals surface area contributed by atoms with Crippen LogP contribution < -0.4 is 10.2 Å². The van der Waals surface area contributed by atoms with Crippen LogP contribution in [-0.2, 0) is 9.59 Å². The van der Waals surface area contributed by atoms with E-state index >= 15 is 0 Å². The fourth-order valence-electron chi connectivity index (χ4n) is 3.62. The Hall–Kier alpha value is -2.90. The molecule has 0 spiro atoms. The molecular formula is C22H18Cl2FN3O3. The zero-order chi connectivity index (χ0) is 22.1. The van der Waals surface area contributed by atoms with Crippen LogP contribution in [0.1, 0.15) is 29.6 Å². The second-order valence-electron chi connectivity index (χ2n) is 7.29. The highest BCUT2D eigenvalue weighted by atomic mass is 35.5. The summed E-state index contributed by atoms with van der Waals surface area (Å²) in [6.07, 6.45) is 3.07. The summed E-state index contributed by atoms with van der Waals surface area (Å²) in [5, 5.41) is 2.32. The van der Waals surface area contributed by atoms with Crippen LogP contribution in [0, 0.1) is 5.82 Å². The van der Waals surface area contributed by atoms with Crippen molar-refractivity contribution in [3.8, 4) is 0 Å². The molecule has 2 aromatic rings. The third kappa shape index (κ3) is 4.16. The standard InChI is InChI=1S/C22H18Cl2FN3O3/c23-16-12-15(7-8-17(16)25)28-21(30)18(24)19(22(28)31)26-14-6-4-5-13(11-14)20(29)27-9-2-1-3-10-27/h4-8,11-12,26H,1-3,9-10H2. The number of benzene rings is 2. The third-order valence-electron chi connectivity index (χ3n) is 5.21. The number of imide groups is 1. The molecule has 3 amide bonds. The minimum absolute atomic E-state index is 0.0835. The summed E-state index contributed by atoms with van der Waals surface area (Å²) in [4.78, 5) is 40.8. The van der Waals surface area contributed by atoms with E-state index in [-0.39, 0.29) is 27.3 Å². The van der Waals surface area contributed by atoms with Crippen LogP contribution in [0.15, 0.2) is 53.2 Å². The average molecular weight is 462 g/mol. The molecule has 0 unspecified atom stereocenters. The Balaban J connectivity index is 1.56. The summed E-state index contributed by atoms with van der Waals surface area (Å²) in [5.74, 6) is -2.21. The number of amides is 3. The molecular weight excluding hydrogens is 444 g/mol. The van der Waals surface area contributed by atoms with Gasteiger partial charge in [-0.1, -0.05) is 29.3 Å². The molecule has 1 N–H and O–H groups in total. The first kappa shape index (κ1) is 21.3. The molecule has 0 saturated carbocycles. The predicted octanol–water partition coefficient (Wildman–Crippen LogP) is 4.54. The van der Waals surface area contributed by atoms with Gasteiger partial charge in [0.2, 0.25) is 0 Å². The summed E-state index contributed by atoms with van der Waals surface area (Å²) in [6.45, 7) is 1.44. The molecule has 2 aliphatic heterocycles. The van der Waals surface area contributed by atoms with Crippen molar-refractivity contribution in [3.63, 3.8) is 0 Å². The number of halogens is 3. The summed E-state index contributed by atoms with van der Waals surface area (Å²) in [7, 11) is 0. The molecule has 0 aromatic heterocycles. The Kier molecular flexibility index (Phi) is 5.98. The summed E-state index contributed by atoms with van der Waals surface area (Å²) in [5.41, 5.74) is 0.888. The first-order valence-corrected chi connectivity index (χ1v) is 10.5. The van der Waals surface area contributed by atoms with Gasteiger partial charge in [-0.25, -0.2) is 9.29 Å². The zero-order valence-electron chi connectivity index (χ0n) is 16.3. The van der Waals surface area contributed by atoms with Crippen molar-refractivity contribution in [2.75, 3.05) is 23.3 Å². The highest BCUT2D eigenvalue weighted by Crippen LogP contribution is 2.32. The second-order valence-corrected chi connectivity index (χ2v) is 8.08. The molecule has 2 aromatic carbocycles. The molecule has 1 fully saturated rings. The van der Waals surface area contributed by atoms with Crippen LogP contribution in [0.25, 0.3) is 0 Å². The average Bonchev–Trinajstić information content (AvgIpc) is 2.99. The van der Waals surface area contributed by atoms with Crippen molar-refractivity contribution in [1.82, 2.24) is 4.90 Å². The zero-order valence-corrected chi connectivity index (χ0v) is 17.8. The number of hydrogen-bond donors (Lipinski definition) is 1. The summed E-state index contributed by atoms with van der Waals surface area (Å²) < 4.78 is 13.5. The van der Waals surface area contributed by atoms with Gasteiger partial charge in [-0.3, -0.25) is 14.4 Å². The number of rotatable bonds is 4.